The highest BCUT2D eigenvalue weighted by Crippen LogP contribution is 2.34. The highest BCUT2D eigenvalue weighted by atomic mass is 16.2. The topological polar surface area (TPSA) is 59.4 Å². The molecular weight excluding hydrogens is 424 g/mol. The van der Waals surface area contributed by atoms with Gasteiger partial charge in [0.1, 0.15) is 6.04 Å². The highest BCUT2D eigenvalue weighted by Gasteiger charge is 2.43. The monoisotopic (exact) mass is 448 g/mol. The van der Waals surface area contributed by atoms with Crippen LogP contribution in [0, 0.1) is 0 Å². The van der Waals surface area contributed by atoms with E-state index in [1.54, 1.807) is 28.8 Å². The number of benzene rings is 3. The molecule has 0 spiro atoms. The van der Waals surface area contributed by atoms with E-state index in [0.29, 0.717) is 11.1 Å². The summed E-state index contributed by atoms with van der Waals surface area (Å²) in [5, 5.41) is 1.09. The first-order valence-corrected chi connectivity index (χ1v) is 11.8. The third-order valence-electron chi connectivity index (χ3n) is 7.09. The average molecular weight is 449 g/mol. The van der Waals surface area contributed by atoms with Crippen LogP contribution < -0.4 is 0 Å². The smallest absolute Gasteiger partial charge is 0.262 e. The highest BCUT2D eigenvalue weighted by molar-refractivity contribution is 6.23. The van der Waals surface area contributed by atoms with Crippen molar-refractivity contribution in [1.82, 2.24) is 9.47 Å². The first-order chi connectivity index (χ1) is 16.6. The molecule has 3 aromatic carbocycles. The second-order valence-corrected chi connectivity index (χ2v) is 9.05. The van der Waals surface area contributed by atoms with Crippen LogP contribution in [0.2, 0.25) is 0 Å². The quantitative estimate of drug-likeness (QED) is 0.410. The number of carbonyl (C=O) groups is 3. The number of amides is 2. The molecule has 1 atom stereocenters. The fraction of sp³-hybridized carbons (Fsp3) is 0.207. The molecule has 168 valence electrons. The van der Waals surface area contributed by atoms with Crippen molar-refractivity contribution in [2.24, 2.45) is 0 Å². The molecule has 1 aromatic heterocycles. The largest absolute Gasteiger partial charge is 0.282 e. The van der Waals surface area contributed by atoms with Gasteiger partial charge < -0.3 is 0 Å². The number of aromatic nitrogens is 1. The molecular formula is C29H24N2O3. The molecule has 0 N–H and O–H groups in total. The number of aryl methyl sites for hydroxylation is 1. The predicted molar refractivity (Wildman–Crippen MR) is 130 cm³/mol. The van der Waals surface area contributed by atoms with Gasteiger partial charge in [0.15, 0.2) is 0 Å². The molecule has 0 radical (unpaired) electrons. The Morgan fingerprint density at radius 2 is 1.38 bits per heavy atom. The minimum absolute atomic E-state index is 0.224. The fourth-order valence-electron chi connectivity index (χ4n) is 5.51. The van der Waals surface area contributed by atoms with E-state index in [2.05, 4.69) is 6.07 Å². The number of nitrogens with zero attached hydrogens (tertiary/aromatic N) is 2. The van der Waals surface area contributed by atoms with Gasteiger partial charge >= 0.3 is 0 Å². The SMILES string of the molecule is O=C1c2ccccc2C(=O)N1C(Cc1ccccc1)C(=O)n1c2c(c3ccccc31)CCCC2. The van der Waals surface area contributed by atoms with Crippen molar-refractivity contribution in [2.45, 2.75) is 38.1 Å². The van der Waals surface area contributed by atoms with E-state index in [9.17, 15) is 14.4 Å². The van der Waals surface area contributed by atoms with E-state index in [1.165, 1.54) is 10.5 Å². The number of rotatable bonds is 4. The Bertz CT molecular complexity index is 1420. The summed E-state index contributed by atoms with van der Waals surface area (Å²) in [5.41, 5.74) is 4.72. The van der Waals surface area contributed by atoms with Crippen molar-refractivity contribution in [3.63, 3.8) is 0 Å². The number of para-hydroxylation sites is 1. The first kappa shape index (κ1) is 20.6. The summed E-state index contributed by atoms with van der Waals surface area (Å²) in [6.07, 6.45) is 4.14. The molecule has 2 aliphatic rings. The molecule has 0 fully saturated rings. The molecule has 1 unspecified atom stereocenters. The minimum atomic E-state index is -0.934. The lowest BCUT2D eigenvalue weighted by molar-refractivity contribution is 0.0513. The lowest BCUT2D eigenvalue weighted by Gasteiger charge is -2.27. The minimum Gasteiger partial charge on any atom is -0.282 e. The van der Waals surface area contributed by atoms with Crippen molar-refractivity contribution in [2.75, 3.05) is 0 Å². The molecule has 1 aliphatic heterocycles. The Labute approximate surface area is 197 Å². The Balaban J connectivity index is 1.51. The van der Waals surface area contributed by atoms with Crippen LogP contribution in [0.1, 0.15) is 55.2 Å². The lowest BCUT2D eigenvalue weighted by Crippen LogP contribution is -2.48. The zero-order valence-electron chi connectivity index (χ0n) is 18.7. The summed E-state index contributed by atoms with van der Waals surface area (Å²) >= 11 is 0. The molecule has 5 heteroatoms. The Hall–Kier alpha value is -3.99. The predicted octanol–water partition coefficient (Wildman–Crippen LogP) is 5.07. The van der Waals surface area contributed by atoms with Gasteiger partial charge in [0.25, 0.3) is 17.7 Å². The second kappa shape index (κ2) is 8.10. The summed E-state index contributed by atoms with van der Waals surface area (Å²) in [5.74, 6) is -1.03. The molecule has 6 rings (SSSR count). The van der Waals surface area contributed by atoms with Gasteiger partial charge in [-0.05, 0) is 55.0 Å². The molecule has 2 heterocycles. The van der Waals surface area contributed by atoms with Crippen molar-refractivity contribution < 1.29 is 14.4 Å². The summed E-state index contributed by atoms with van der Waals surface area (Å²) in [7, 11) is 0. The van der Waals surface area contributed by atoms with Gasteiger partial charge in [-0.25, -0.2) is 0 Å². The van der Waals surface area contributed by atoms with E-state index in [1.807, 2.05) is 48.5 Å². The Morgan fingerprint density at radius 3 is 2.12 bits per heavy atom. The van der Waals surface area contributed by atoms with Gasteiger partial charge in [-0.3, -0.25) is 23.9 Å². The summed E-state index contributed by atoms with van der Waals surface area (Å²) in [6, 6.07) is 23.4. The van der Waals surface area contributed by atoms with E-state index in [-0.39, 0.29) is 12.3 Å². The summed E-state index contributed by atoms with van der Waals surface area (Å²) in [6.45, 7) is 0. The molecule has 5 nitrogen and oxygen atoms in total. The zero-order chi connectivity index (χ0) is 23.2. The average Bonchev–Trinajstić information content (AvgIpc) is 3.35. The van der Waals surface area contributed by atoms with Crippen LogP contribution in [0.4, 0.5) is 0 Å². The maximum Gasteiger partial charge on any atom is 0.262 e. The van der Waals surface area contributed by atoms with Crippen molar-refractivity contribution in [3.8, 4) is 0 Å². The van der Waals surface area contributed by atoms with Gasteiger partial charge in [-0.15, -0.1) is 0 Å². The third kappa shape index (κ3) is 3.11. The van der Waals surface area contributed by atoms with Crippen LogP contribution in [-0.2, 0) is 19.3 Å². The van der Waals surface area contributed by atoms with E-state index in [0.717, 1.165) is 47.8 Å². The van der Waals surface area contributed by atoms with Crippen LogP contribution in [0.3, 0.4) is 0 Å². The van der Waals surface area contributed by atoms with Crippen molar-refractivity contribution in [3.05, 3.63) is 107 Å². The van der Waals surface area contributed by atoms with Gasteiger partial charge in [-0.2, -0.15) is 0 Å². The maximum atomic E-state index is 14.3. The lowest BCUT2D eigenvalue weighted by atomic mass is 9.95. The van der Waals surface area contributed by atoms with Crippen LogP contribution in [-0.4, -0.2) is 33.2 Å². The second-order valence-electron chi connectivity index (χ2n) is 9.05. The third-order valence-corrected chi connectivity index (χ3v) is 7.09. The van der Waals surface area contributed by atoms with Gasteiger partial charge in [0.05, 0.1) is 16.6 Å². The van der Waals surface area contributed by atoms with Crippen LogP contribution in [0.25, 0.3) is 10.9 Å². The van der Waals surface area contributed by atoms with E-state index >= 15 is 0 Å². The van der Waals surface area contributed by atoms with Crippen LogP contribution >= 0.6 is 0 Å². The van der Waals surface area contributed by atoms with Crippen LogP contribution in [0.5, 0.6) is 0 Å². The van der Waals surface area contributed by atoms with E-state index in [4.69, 9.17) is 0 Å². The van der Waals surface area contributed by atoms with Crippen molar-refractivity contribution in [1.29, 1.82) is 0 Å². The number of hydrogen-bond acceptors (Lipinski definition) is 3. The summed E-state index contributed by atoms with van der Waals surface area (Å²) in [4.78, 5) is 42.3. The fourth-order valence-corrected chi connectivity index (χ4v) is 5.51. The molecule has 0 bridgehead atoms. The molecule has 2 amide bonds. The van der Waals surface area contributed by atoms with E-state index < -0.39 is 17.9 Å². The molecule has 1 aliphatic carbocycles. The normalized spacial score (nSPS) is 15.9. The number of hydrogen-bond donors (Lipinski definition) is 0. The summed E-state index contributed by atoms with van der Waals surface area (Å²) < 4.78 is 1.79. The first-order valence-electron chi connectivity index (χ1n) is 11.8. The van der Waals surface area contributed by atoms with Crippen molar-refractivity contribution >= 4 is 28.6 Å². The van der Waals surface area contributed by atoms with Gasteiger partial charge in [0, 0.05) is 17.5 Å². The van der Waals surface area contributed by atoms with Crippen LogP contribution in [0.15, 0.2) is 78.9 Å². The standard InChI is InChI=1S/C29H24N2O3/c32-27-22-14-4-5-15-23(22)28(33)31(27)26(18-19-10-2-1-3-11-19)29(34)30-24-16-8-6-12-20(24)21-13-7-9-17-25(21)30/h1-6,8,10-12,14-16,26H,7,9,13,17-18H2. The van der Waals surface area contributed by atoms with Gasteiger partial charge in [0.2, 0.25) is 0 Å². The van der Waals surface area contributed by atoms with Gasteiger partial charge in [-0.1, -0.05) is 60.7 Å². The Kier molecular flexibility index (Phi) is 4.91. The Morgan fingerprint density at radius 1 is 0.765 bits per heavy atom. The zero-order valence-corrected chi connectivity index (χ0v) is 18.7. The number of imide groups is 1. The molecule has 4 aromatic rings. The molecule has 34 heavy (non-hydrogen) atoms. The molecule has 0 saturated heterocycles. The number of fused-ring (bicyclic) bond motifs is 4. The molecule has 0 saturated carbocycles. The number of carbonyl (C=O) groups excluding carboxylic acids is 3. The maximum absolute atomic E-state index is 14.3.